The standard InChI is InChI=1S/C12H20N2S/c1-14(7-6-13)9-10-3-2-4-12-11(10)5-8-15-12/h5,8,10H,2-4,6-7,9,13H2,1H3. The minimum Gasteiger partial charge on any atom is -0.329 e. The zero-order valence-electron chi connectivity index (χ0n) is 9.41. The highest BCUT2D eigenvalue weighted by Gasteiger charge is 2.21. The molecule has 0 saturated carbocycles. The van der Waals surface area contributed by atoms with Crippen molar-refractivity contribution in [2.45, 2.75) is 25.2 Å². The van der Waals surface area contributed by atoms with Crippen LogP contribution in [0.25, 0.3) is 0 Å². The molecule has 0 saturated heterocycles. The van der Waals surface area contributed by atoms with Gasteiger partial charge in [0.2, 0.25) is 0 Å². The van der Waals surface area contributed by atoms with Crippen LogP contribution in [0.5, 0.6) is 0 Å². The van der Waals surface area contributed by atoms with Crippen molar-refractivity contribution in [2.75, 3.05) is 26.7 Å². The maximum Gasteiger partial charge on any atom is 0.0102 e. The average Bonchev–Trinajstić information content (AvgIpc) is 2.67. The van der Waals surface area contributed by atoms with Gasteiger partial charge in [0.15, 0.2) is 0 Å². The molecule has 0 radical (unpaired) electrons. The molecule has 0 aliphatic heterocycles. The molecule has 2 rings (SSSR count). The Labute approximate surface area is 96.1 Å². The van der Waals surface area contributed by atoms with Gasteiger partial charge in [0.1, 0.15) is 0 Å². The van der Waals surface area contributed by atoms with Crippen LogP contribution in [0.4, 0.5) is 0 Å². The van der Waals surface area contributed by atoms with Crippen LogP contribution in [0.1, 0.15) is 29.2 Å². The lowest BCUT2D eigenvalue weighted by Crippen LogP contribution is -2.30. The highest BCUT2D eigenvalue weighted by molar-refractivity contribution is 7.10. The predicted octanol–water partition coefficient (Wildman–Crippen LogP) is 2.06. The summed E-state index contributed by atoms with van der Waals surface area (Å²) in [5, 5.41) is 2.24. The zero-order valence-corrected chi connectivity index (χ0v) is 10.2. The van der Waals surface area contributed by atoms with Crippen LogP contribution < -0.4 is 5.73 Å². The second-order valence-corrected chi connectivity index (χ2v) is 5.44. The Morgan fingerprint density at radius 3 is 3.27 bits per heavy atom. The van der Waals surface area contributed by atoms with E-state index in [1.807, 2.05) is 11.3 Å². The summed E-state index contributed by atoms with van der Waals surface area (Å²) in [5.41, 5.74) is 7.18. The topological polar surface area (TPSA) is 29.3 Å². The largest absolute Gasteiger partial charge is 0.329 e. The molecule has 1 aliphatic rings. The van der Waals surface area contributed by atoms with E-state index in [1.165, 1.54) is 25.8 Å². The van der Waals surface area contributed by atoms with Crippen molar-refractivity contribution in [3.8, 4) is 0 Å². The summed E-state index contributed by atoms with van der Waals surface area (Å²) in [7, 11) is 2.17. The fourth-order valence-electron chi connectivity index (χ4n) is 2.46. The van der Waals surface area contributed by atoms with E-state index in [-0.39, 0.29) is 0 Å². The van der Waals surface area contributed by atoms with E-state index in [1.54, 1.807) is 10.4 Å². The number of thiophene rings is 1. The van der Waals surface area contributed by atoms with Crippen LogP contribution in [-0.4, -0.2) is 31.6 Å². The molecular weight excluding hydrogens is 204 g/mol. The van der Waals surface area contributed by atoms with Crippen LogP contribution in [-0.2, 0) is 6.42 Å². The van der Waals surface area contributed by atoms with Crippen molar-refractivity contribution in [1.29, 1.82) is 0 Å². The summed E-state index contributed by atoms with van der Waals surface area (Å²) in [4.78, 5) is 3.98. The maximum absolute atomic E-state index is 5.57. The lowest BCUT2D eigenvalue weighted by molar-refractivity contribution is 0.306. The van der Waals surface area contributed by atoms with Gasteiger partial charge >= 0.3 is 0 Å². The second kappa shape index (κ2) is 5.10. The van der Waals surface area contributed by atoms with Crippen LogP contribution in [0.15, 0.2) is 11.4 Å². The molecule has 15 heavy (non-hydrogen) atoms. The normalized spacial score (nSPS) is 20.6. The zero-order chi connectivity index (χ0) is 10.7. The second-order valence-electron chi connectivity index (χ2n) is 4.44. The minimum atomic E-state index is 0.747. The molecule has 1 aliphatic carbocycles. The number of rotatable bonds is 4. The van der Waals surface area contributed by atoms with Crippen molar-refractivity contribution in [2.24, 2.45) is 5.73 Å². The molecule has 0 amide bonds. The van der Waals surface area contributed by atoms with Crippen LogP contribution in [0.3, 0.4) is 0 Å². The van der Waals surface area contributed by atoms with Gasteiger partial charge < -0.3 is 10.6 Å². The molecule has 0 spiro atoms. The van der Waals surface area contributed by atoms with Gasteiger partial charge in [0.25, 0.3) is 0 Å². The molecule has 2 nitrogen and oxygen atoms in total. The fourth-order valence-corrected chi connectivity index (χ4v) is 3.47. The van der Waals surface area contributed by atoms with Crippen molar-refractivity contribution < 1.29 is 0 Å². The molecule has 0 aromatic carbocycles. The highest BCUT2D eigenvalue weighted by Crippen LogP contribution is 2.35. The van der Waals surface area contributed by atoms with E-state index in [0.717, 1.165) is 19.0 Å². The molecule has 1 unspecified atom stereocenters. The van der Waals surface area contributed by atoms with E-state index >= 15 is 0 Å². The first kappa shape index (κ1) is 11.1. The molecule has 84 valence electrons. The first-order valence-electron chi connectivity index (χ1n) is 5.76. The van der Waals surface area contributed by atoms with E-state index in [9.17, 15) is 0 Å². The van der Waals surface area contributed by atoms with Crippen molar-refractivity contribution in [3.05, 3.63) is 21.9 Å². The molecule has 1 atom stereocenters. The first-order valence-corrected chi connectivity index (χ1v) is 6.64. The summed E-state index contributed by atoms with van der Waals surface area (Å²) in [6, 6.07) is 2.32. The summed E-state index contributed by atoms with van der Waals surface area (Å²) in [5.74, 6) is 0.747. The van der Waals surface area contributed by atoms with E-state index in [4.69, 9.17) is 5.73 Å². The Kier molecular flexibility index (Phi) is 3.78. The van der Waals surface area contributed by atoms with Gasteiger partial charge in [0.05, 0.1) is 0 Å². The van der Waals surface area contributed by atoms with Crippen molar-refractivity contribution in [1.82, 2.24) is 4.90 Å². The van der Waals surface area contributed by atoms with Crippen molar-refractivity contribution in [3.63, 3.8) is 0 Å². The Balaban J connectivity index is 2.00. The SMILES string of the molecule is CN(CCN)CC1CCCc2sccc21. The van der Waals surface area contributed by atoms with Gasteiger partial charge in [0, 0.05) is 24.5 Å². The van der Waals surface area contributed by atoms with E-state index in [0.29, 0.717) is 0 Å². The third-order valence-electron chi connectivity index (χ3n) is 3.22. The van der Waals surface area contributed by atoms with Gasteiger partial charge in [-0.3, -0.25) is 0 Å². The molecule has 3 heteroatoms. The Morgan fingerprint density at radius 1 is 1.60 bits per heavy atom. The number of fused-ring (bicyclic) bond motifs is 1. The lowest BCUT2D eigenvalue weighted by atomic mass is 9.87. The average molecular weight is 224 g/mol. The minimum absolute atomic E-state index is 0.747. The third-order valence-corrected chi connectivity index (χ3v) is 4.22. The van der Waals surface area contributed by atoms with E-state index < -0.39 is 0 Å². The predicted molar refractivity (Wildman–Crippen MR) is 66.5 cm³/mol. The molecule has 1 aromatic rings. The molecule has 1 aromatic heterocycles. The van der Waals surface area contributed by atoms with E-state index in [2.05, 4.69) is 23.4 Å². The summed E-state index contributed by atoms with van der Waals surface area (Å²) >= 11 is 1.93. The van der Waals surface area contributed by atoms with Crippen LogP contribution >= 0.6 is 11.3 Å². The number of nitrogens with two attached hydrogens (primary N) is 1. The smallest absolute Gasteiger partial charge is 0.0102 e. The molecule has 0 fully saturated rings. The number of hydrogen-bond donors (Lipinski definition) is 1. The molecular formula is C12H20N2S. The number of hydrogen-bond acceptors (Lipinski definition) is 3. The summed E-state index contributed by atoms with van der Waals surface area (Å²) in [6.45, 7) is 2.94. The molecule has 0 bridgehead atoms. The van der Waals surface area contributed by atoms with Gasteiger partial charge in [-0.25, -0.2) is 0 Å². The monoisotopic (exact) mass is 224 g/mol. The number of likely N-dealkylation sites (N-methyl/N-ethyl adjacent to an activating group) is 1. The van der Waals surface area contributed by atoms with Gasteiger partial charge in [-0.15, -0.1) is 11.3 Å². The Hall–Kier alpha value is -0.380. The maximum atomic E-state index is 5.57. The third kappa shape index (κ3) is 2.60. The lowest BCUT2D eigenvalue weighted by Gasteiger charge is -2.27. The molecule has 2 N–H and O–H groups in total. The van der Waals surface area contributed by atoms with Crippen LogP contribution in [0.2, 0.25) is 0 Å². The fraction of sp³-hybridized carbons (Fsp3) is 0.667. The summed E-state index contributed by atoms with van der Waals surface area (Å²) < 4.78 is 0. The highest BCUT2D eigenvalue weighted by atomic mass is 32.1. The Bertz CT molecular complexity index is 308. The Morgan fingerprint density at radius 2 is 2.47 bits per heavy atom. The van der Waals surface area contributed by atoms with Crippen LogP contribution in [0, 0.1) is 0 Å². The number of nitrogens with zero attached hydrogens (tertiary/aromatic N) is 1. The summed E-state index contributed by atoms with van der Waals surface area (Å²) in [6.07, 6.45) is 4.00. The first-order chi connectivity index (χ1) is 7.31. The van der Waals surface area contributed by atoms with Gasteiger partial charge in [-0.1, -0.05) is 0 Å². The van der Waals surface area contributed by atoms with Crippen molar-refractivity contribution >= 4 is 11.3 Å². The van der Waals surface area contributed by atoms with Gasteiger partial charge in [-0.2, -0.15) is 0 Å². The number of aryl methyl sites for hydroxylation is 1. The molecule has 1 heterocycles. The van der Waals surface area contributed by atoms with Gasteiger partial charge in [-0.05, 0) is 49.2 Å². The quantitative estimate of drug-likeness (QED) is 0.848.